The predicted octanol–water partition coefficient (Wildman–Crippen LogP) is 2.43. The third-order valence-corrected chi connectivity index (χ3v) is 4.19. The number of anilines is 1. The fraction of sp³-hybridized carbons (Fsp3) is 0.333. The number of pyridine rings is 1. The summed E-state index contributed by atoms with van der Waals surface area (Å²) < 4.78 is 30.1. The van der Waals surface area contributed by atoms with Gasteiger partial charge in [-0.15, -0.1) is 0 Å². The van der Waals surface area contributed by atoms with Crippen molar-refractivity contribution in [2.45, 2.75) is 12.5 Å². The number of carbonyl (C=O) groups excluding carboxylic acids is 1. The number of nitrogens with zero attached hydrogens (tertiary/aromatic N) is 2. The highest BCUT2D eigenvalue weighted by atomic mass is 19.1. The van der Waals surface area contributed by atoms with Crippen LogP contribution in [-0.4, -0.2) is 43.4 Å². The van der Waals surface area contributed by atoms with Gasteiger partial charge in [-0.3, -0.25) is 4.79 Å². The van der Waals surface area contributed by atoms with Crippen LogP contribution in [0.5, 0.6) is 11.6 Å². The van der Waals surface area contributed by atoms with Crippen LogP contribution in [0.25, 0.3) is 0 Å². The summed E-state index contributed by atoms with van der Waals surface area (Å²) >= 11 is 0. The van der Waals surface area contributed by atoms with E-state index in [0.717, 1.165) is 6.42 Å². The van der Waals surface area contributed by atoms with Crippen molar-refractivity contribution in [3.05, 3.63) is 47.9 Å². The van der Waals surface area contributed by atoms with Crippen LogP contribution in [0.3, 0.4) is 0 Å². The van der Waals surface area contributed by atoms with Gasteiger partial charge >= 0.3 is 0 Å². The van der Waals surface area contributed by atoms with Crippen LogP contribution in [0, 0.1) is 5.82 Å². The van der Waals surface area contributed by atoms with Gasteiger partial charge in [-0.2, -0.15) is 0 Å². The van der Waals surface area contributed by atoms with E-state index in [4.69, 9.17) is 14.2 Å². The van der Waals surface area contributed by atoms with Crippen LogP contribution >= 0.6 is 0 Å². The number of hydrogen-bond acceptors (Lipinski definition) is 5. The molecule has 1 amide bonds. The van der Waals surface area contributed by atoms with Crippen LogP contribution in [0.4, 0.5) is 10.1 Å². The van der Waals surface area contributed by atoms with E-state index in [2.05, 4.69) is 4.98 Å². The summed E-state index contributed by atoms with van der Waals surface area (Å²) in [6, 6.07) is 7.38. The van der Waals surface area contributed by atoms with Gasteiger partial charge in [0.1, 0.15) is 24.3 Å². The molecule has 2 aliphatic heterocycles. The van der Waals surface area contributed by atoms with Crippen LogP contribution in [0.1, 0.15) is 16.8 Å². The Hall–Kier alpha value is -2.67. The molecule has 130 valence electrons. The summed E-state index contributed by atoms with van der Waals surface area (Å²) in [7, 11) is 0. The minimum atomic E-state index is -0.415. The standard InChI is InChI=1S/C18H17FN2O4/c19-13-1-2-16-15(10-13)21(6-8-24-16)18(22)12-3-5-20-17(9-12)25-14-4-7-23-11-14/h1-3,5,9-10,14H,4,6-8,11H2. The number of benzene rings is 1. The molecule has 25 heavy (non-hydrogen) atoms. The maximum absolute atomic E-state index is 13.6. The van der Waals surface area contributed by atoms with E-state index in [9.17, 15) is 9.18 Å². The van der Waals surface area contributed by atoms with Crippen molar-refractivity contribution < 1.29 is 23.4 Å². The van der Waals surface area contributed by atoms with E-state index in [1.807, 2.05) is 0 Å². The summed E-state index contributed by atoms with van der Waals surface area (Å²) in [6.45, 7) is 1.90. The summed E-state index contributed by atoms with van der Waals surface area (Å²) in [6.07, 6.45) is 2.29. The van der Waals surface area contributed by atoms with Crippen molar-refractivity contribution in [3.63, 3.8) is 0 Å². The maximum atomic E-state index is 13.6. The van der Waals surface area contributed by atoms with Gasteiger partial charge in [0.25, 0.3) is 5.91 Å². The lowest BCUT2D eigenvalue weighted by molar-refractivity contribution is 0.0975. The Bertz CT molecular complexity index is 792. The minimum Gasteiger partial charge on any atom is -0.490 e. The van der Waals surface area contributed by atoms with Crippen molar-refractivity contribution in [1.82, 2.24) is 4.98 Å². The molecule has 1 aromatic carbocycles. The van der Waals surface area contributed by atoms with Crippen LogP contribution < -0.4 is 14.4 Å². The second kappa shape index (κ2) is 6.68. The molecule has 2 aromatic rings. The second-order valence-electron chi connectivity index (χ2n) is 5.90. The first-order valence-electron chi connectivity index (χ1n) is 8.15. The number of halogens is 1. The largest absolute Gasteiger partial charge is 0.490 e. The van der Waals surface area contributed by atoms with E-state index < -0.39 is 5.82 Å². The van der Waals surface area contributed by atoms with E-state index in [1.165, 1.54) is 29.3 Å². The van der Waals surface area contributed by atoms with Crippen LogP contribution in [0.15, 0.2) is 36.5 Å². The Morgan fingerprint density at radius 2 is 2.20 bits per heavy atom. The molecule has 7 heteroatoms. The SMILES string of the molecule is O=C(c1ccnc(OC2CCOC2)c1)N1CCOc2ccc(F)cc21. The molecule has 1 atom stereocenters. The Balaban J connectivity index is 1.58. The van der Waals surface area contributed by atoms with Gasteiger partial charge in [0.05, 0.1) is 25.4 Å². The zero-order valence-corrected chi connectivity index (χ0v) is 13.5. The smallest absolute Gasteiger partial charge is 0.258 e. The molecule has 2 aliphatic rings. The van der Waals surface area contributed by atoms with Gasteiger partial charge in [-0.1, -0.05) is 0 Å². The fourth-order valence-corrected chi connectivity index (χ4v) is 2.94. The number of hydrogen-bond donors (Lipinski definition) is 0. The molecule has 1 unspecified atom stereocenters. The number of amides is 1. The molecule has 1 fully saturated rings. The number of rotatable bonds is 3. The van der Waals surface area contributed by atoms with Gasteiger partial charge in [0.15, 0.2) is 0 Å². The first-order chi connectivity index (χ1) is 12.2. The highest BCUT2D eigenvalue weighted by Crippen LogP contribution is 2.33. The number of carbonyl (C=O) groups is 1. The van der Waals surface area contributed by atoms with Crippen LogP contribution in [-0.2, 0) is 4.74 Å². The van der Waals surface area contributed by atoms with Gasteiger partial charge in [-0.25, -0.2) is 9.37 Å². The van der Waals surface area contributed by atoms with Gasteiger partial charge in [0, 0.05) is 30.3 Å². The molecule has 0 N–H and O–H groups in total. The Labute approximate surface area is 144 Å². The molecule has 6 nitrogen and oxygen atoms in total. The topological polar surface area (TPSA) is 60.9 Å². The van der Waals surface area contributed by atoms with E-state index in [0.29, 0.717) is 49.2 Å². The van der Waals surface area contributed by atoms with Gasteiger partial charge < -0.3 is 19.1 Å². The molecular formula is C18H17FN2O4. The molecule has 1 aromatic heterocycles. The lowest BCUT2D eigenvalue weighted by atomic mass is 10.1. The fourth-order valence-electron chi connectivity index (χ4n) is 2.94. The normalized spacial score (nSPS) is 19.2. The average molecular weight is 344 g/mol. The predicted molar refractivity (Wildman–Crippen MR) is 87.7 cm³/mol. The van der Waals surface area contributed by atoms with Crippen molar-refractivity contribution in [2.75, 3.05) is 31.3 Å². The lowest BCUT2D eigenvalue weighted by Crippen LogP contribution is -2.38. The average Bonchev–Trinajstić information content (AvgIpc) is 3.14. The third kappa shape index (κ3) is 3.28. The van der Waals surface area contributed by atoms with E-state index >= 15 is 0 Å². The first kappa shape index (κ1) is 15.8. The molecule has 0 aliphatic carbocycles. The maximum Gasteiger partial charge on any atom is 0.258 e. The second-order valence-corrected chi connectivity index (χ2v) is 5.90. The highest BCUT2D eigenvalue weighted by molar-refractivity contribution is 6.07. The van der Waals surface area contributed by atoms with Crippen molar-refractivity contribution in [3.8, 4) is 11.6 Å². The summed E-state index contributed by atoms with van der Waals surface area (Å²) in [4.78, 5) is 18.6. The molecule has 3 heterocycles. The lowest BCUT2D eigenvalue weighted by Gasteiger charge is -2.29. The molecule has 0 spiro atoms. The molecule has 0 saturated carbocycles. The molecular weight excluding hydrogens is 327 g/mol. The molecule has 4 rings (SSSR count). The van der Waals surface area contributed by atoms with E-state index in [-0.39, 0.29) is 12.0 Å². The zero-order valence-electron chi connectivity index (χ0n) is 13.5. The number of aromatic nitrogens is 1. The summed E-state index contributed by atoms with van der Waals surface area (Å²) in [5, 5.41) is 0. The molecule has 1 saturated heterocycles. The van der Waals surface area contributed by atoms with E-state index in [1.54, 1.807) is 12.1 Å². The number of fused-ring (bicyclic) bond motifs is 1. The van der Waals surface area contributed by atoms with Crippen molar-refractivity contribution in [1.29, 1.82) is 0 Å². The highest BCUT2D eigenvalue weighted by Gasteiger charge is 2.26. The minimum absolute atomic E-state index is 0.0453. The Kier molecular flexibility index (Phi) is 4.23. The quantitative estimate of drug-likeness (QED) is 0.856. The molecule has 0 bridgehead atoms. The Morgan fingerprint density at radius 1 is 1.28 bits per heavy atom. The first-order valence-corrected chi connectivity index (χ1v) is 8.15. The van der Waals surface area contributed by atoms with Crippen molar-refractivity contribution in [2.24, 2.45) is 0 Å². The van der Waals surface area contributed by atoms with Crippen molar-refractivity contribution >= 4 is 11.6 Å². The zero-order chi connectivity index (χ0) is 17.2. The third-order valence-electron chi connectivity index (χ3n) is 4.19. The Morgan fingerprint density at radius 3 is 3.04 bits per heavy atom. The monoisotopic (exact) mass is 344 g/mol. The summed E-state index contributed by atoms with van der Waals surface area (Å²) in [5.41, 5.74) is 0.862. The van der Waals surface area contributed by atoms with Crippen LogP contribution in [0.2, 0.25) is 0 Å². The number of ether oxygens (including phenoxy) is 3. The molecule has 0 radical (unpaired) electrons. The van der Waals surface area contributed by atoms with Gasteiger partial charge in [-0.05, 0) is 18.2 Å². The summed E-state index contributed by atoms with van der Waals surface area (Å²) in [5.74, 6) is 0.218. The van der Waals surface area contributed by atoms with Gasteiger partial charge in [0.2, 0.25) is 5.88 Å².